The Labute approximate surface area is 187 Å². The normalized spacial score (nSPS) is 10.6. The van der Waals surface area contributed by atoms with Crippen LogP contribution in [0.4, 0.5) is 5.69 Å². The lowest BCUT2D eigenvalue weighted by Gasteiger charge is -2.15. The van der Waals surface area contributed by atoms with E-state index in [4.69, 9.17) is 56.2 Å². The first-order valence-corrected chi connectivity index (χ1v) is 9.96. The molecule has 0 amide bonds. The van der Waals surface area contributed by atoms with E-state index in [9.17, 15) is 4.79 Å². The van der Waals surface area contributed by atoms with E-state index in [-0.39, 0.29) is 12.2 Å². The molecule has 3 aromatic carbocycles. The van der Waals surface area contributed by atoms with Crippen LogP contribution >= 0.6 is 46.4 Å². The molecule has 0 aliphatic rings. The second-order valence-electron chi connectivity index (χ2n) is 6.13. The number of hydrogen-bond donors (Lipinski definition) is 2. The number of anilines is 1. The third-order valence-corrected chi connectivity index (χ3v) is 5.26. The molecule has 0 heterocycles. The van der Waals surface area contributed by atoms with Gasteiger partial charge in [0, 0.05) is 32.7 Å². The molecule has 2 N–H and O–H groups in total. The van der Waals surface area contributed by atoms with Crippen molar-refractivity contribution in [2.45, 2.75) is 13.2 Å². The molecule has 0 aromatic heterocycles. The first kappa shape index (κ1) is 21.6. The van der Waals surface area contributed by atoms with Gasteiger partial charge >= 0.3 is 5.97 Å². The van der Waals surface area contributed by atoms with Gasteiger partial charge in [0.15, 0.2) is 0 Å². The molecule has 0 saturated carbocycles. The number of nitrogens with one attached hydrogen (secondary N) is 1. The summed E-state index contributed by atoms with van der Waals surface area (Å²) in [6, 6.07) is 14.9. The van der Waals surface area contributed by atoms with Crippen molar-refractivity contribution in [1.29, 1.82) is 0 Å². The van der Waals surface area contributed by atoms with Gasteiger partial charge in [0.2, 0.25) is 0 Å². The van der Waals surface area contributed by atoms with E-state index >= 15 is 0 Å². The summed E-state index contributed by atoms with van der Waals surface area (Å²) >= 11 is 24.4. The Morgan fingerprint density at radius 2 is 1.59 bits per heavy atom. The predicted octanol–water partition coefficient (Wildman–Crippen LogP) is 7.19. The number of carbonyl (C=O) groups is 1. The van der Waals surface area contributed by atoms with Crippen molar-refractivity contribution < 1.29 is 14.6 Å². The van der Waals surface area contributed by atoms with Gasteiger partial charge in [-0.2, -0.15) is 0 Å². The van der Waals surface area contributed by atoms with Crippen LogP contribution in [0, 0.1) is 0 Å². The topological polar surface area (TPSA) is 58.6 Å². The lowest BCUT2D eigenvalue weighted by molar-refractivity contribution is 0.0697. The van der Waals surface area contributed by atoms with Crippen LogP contribution in [0.3, 0.4) is 0 Å². The zero-order valence-electron chi connectivity index (χ0n) is 14.9. The maximum absolute atomic E-state index is 11.2. The molecule has 0 bridgehead atoms. The third kappa shape index (κ3) is 5.71. The number of carboxylic acid groups (broad SMARTS) is 1. The van der Waals surface area contributed by atoms with E-state index in [1.165, 1.54) is 18.2 Å². The molecule has 0 unspecified atom stereocenters. The maximum atomic E-state index is 11.2. The quantitative estimate of drug-likeness (QED) is 0.383. The fourth-order valence-electron chi connectivity index (χ4n) is 2.61. The molecule has 4 nitrogen and oxygen atoms in total. The first-order chi connectivity index (χ1) is 13.8. The summed E-state index contributed by atoms with van der Waals surface area (Å²) in [6.07, 6.45) is 0. The van der Waals surface area contributed by atoms with Crippen LogP contribution in [-0.2, 0) is 13.2 Å². The van der Waals surface area contributed by atoms with Crippen molar-refractivity contribution in [3.8, 4) is 5.75 Å². The minimum atomic E-state index is -1.03. The molecule has 0 fully saturated rings. The molecule has 0 spiro atoms. The van der Waals surface area contributed by atoms with Crippen molar-refractivity contribution in [3.05, 3.63) is 91.4 Å². The molecular formula is C21H15Cl4NO3. The SMILES string of the molecule is O=C(O)c1ccc(Cl)c(NCc2cc(Cl)ccc2OCc2ccc(Cl)cc2Cl)c1. The second kappa shape index (κ2) is 9.59. The Hall–Kier alpha value is -2.11. The lowest BCUT2D eigenvalue weighted by atomic mass is 10.1. The van der Waals surface area contributed by atoms with Gasteiger partial charge < -0.3 is 15.2 Å². The fraction of sp³-hybridized carbons (Fsp3) is 0.0952. The monoisotopic (exact) mass is 469 g/mol. The van der Waals surface area contributed by atoms with E-state index in [1.807, 2.05) is 0 Å². The zero-order valence-corrected chi connectivity index (χ0v) is 17.9. The summed E-state index contributed by atoms with van der Waals surface area (Å²) in [4.78, 5) is 11.2. The number of benzene rings is 3. The highest BCUT2D eigenvalue weighted by atomic mass is 35.5. The number of ether oxygens (including phenoxy) is 1. The van der Waals surface area contributed by atoms with Gasteiger partial charge in [0.25, 0.3) is 0 Å². The Morgan fingerprint density at radius 3 is 2.31 bits per heavy atom. The molecule has 0 saturated heterocycles. The zero-order chi connectivity index (χ0) is 21.0. The molecule has 3 rings (SSSR count). The standard InChI is InChI=1S/C21H15Cl4NO3/c22-15-4-6-20(29-11-13-1-3-16(23)9-18(13)25)14(7-15)10-26-19-8-12(21(27)28)2-5-17(19)24/h1-9,26H,10-11H2,(H,27,28). The molecule has 0 aliphatic carbocycles. The highest BCUT2D eigenvalue weighted by Gasteiger charge is 2.11. The van der Waals surface area contributed by atoms with Gasteiger partial charge in [-0.3, -0.25) is 0 Å². The Bertz CT molecular complexity index is 1060. The molecule has 0 aliphatic heterocycles. The van der Waals surface area contributed by atoms with Gasteiger partial charge in [0.05, 0.1) is 16.3 Å². The Balaban J connectivity index is 1.77. The van der Waals surface area contributed by atoms with E-state index in [0.29, 0.717) is 38.1 Å². The van der Waals surface area contributed by atoms with Crippen LogP contribution in [0.5, 0.6) is 5.75 Å². The first-order valence-electron chi connectivity index (χ1n) is 8.45. The van der Waals surface area contributed by atoms with Crippen LogP contribution in [-0.4, -0.2) is 11.1 Å². The molecule has 3 aromatic rings. The molecule has 150 valence electrons. The number of aromatic carboxylic acids is 1. The number of carboxylic acids is 1. The van der Waals surface area contributed by atoms with Crippen LogP contribution in [0.1, 0.15) is 21.5 Å². The van der Waals surface area contributed by atoms with Crippen LogP contribution < -0.4 is 10.1 Å². The molecule has 0 atom stereocenters. The Kier molecular flexibility index (Phi) is 7.14. The highest BCUT2D eigenvalue weighted by Crippen LogP contribution is 2.29. The van der Waals surface area contributed by atoms with Crippen LogP contribution in [0.2, 0.25) is 20.1 Å². The van der Waals surface area contributed by atoms with Gasteiger partial charge in [-0.05, 0) is 48.5 Å². The predicted molar refractivity (Wildman–Crippen MR) is 118 cm³/mol. The van der Waals surface area contributed by atoms with E-state index in [1.54, 1.807) is 36.4 Å². The molecule has 0 radical (unpaired) electrons. The molecule has 8 heteroatoms. The van der Waals surface area contributed by atoms with Gasteiger partial charge in [-0.25, -0.2) is 4.79 Å². The number of rotatable bonds is 7. The van der Waals surface area contributed by atoms with Crippen molar-refractivity contribution in [1.82, 2.24) is 0 Å². The van der Waals surface area contributed by atoms with Crippen molar-refractivity contribution in [2.24, 2.45) is 0 Å². The van der Waals surface area contributed by atoms with Gasteiger partial charge in [0.1, 0.15) is 12.4 Å². The summed E-state index contributed by atoms with van der Waals surface area (Å²) in [5.74, 6) is -0.422. The summed E-state index contributed by atoms with van der Waals surface area (Å²) in [5, 5.41) is 14.3. The molecule has 29 heavy (non-hydrogen) atoms. The smallest absolute Gasteiger partial charge is 0.335 e. The summed E-state index contributed by atoms with van der Waals surface area (Å²) in [5.41, 5.74) is 2.21. The minimum Gasteiger partial charge on any atom is -0.488 e. The average molecular weight is 471 g/mol. The summed E-state index contributed by atoms with van der Waals surface area (Å²) in [6.45, 7) is 0.576. The molecular weight excluding hydrogens is 456 g/mol. The lowest BCUT2D eigenvalue weighted by Crippen LogP contribution is -2.05. The van der Waals surface area contributed by atoms with Crippen LogP contribution in [0.25, 0.3) is 0 Å². The third-order valence-electron chi connectivity index (χ3n) is 4.10. The van der Waals surface area contributed by atoms with E-state index in [0.717, 1.165) is 11.1 Å². The number of hydrogen-bond acceptors (Lipinski definition) is 3. The average Bonchev–Trinajstić information content (AvgIpc) is 2.67. The maximum Gasteiger partial charge on any atom is 0.335 e. The van der Waals surface area contributed by atoms with E-state index < -0.39 is 5.97 Å². The number of halogens is 4. The summed E-state index contributed by atoms with van der Waals surface area (Å²) < 4.78 is 5.93. The van der Waals surface area contributed by atoms with Gasteiger partial charge in [-0.1, -0.05) is 52.5 Å². The minimum absolute atomic E-state index is 0.136. The fourth-order valence-corrected chi connectivity index (χ4v) is 3.45. The van der Waals surface area contributed by atoms with Crippen molar-refractivity contribution >= 4 is 58.1 Å². The largest absolute Gasteiger partial charge is 0.488 e. The van der Waals surface area contributed by atoms with Crippen LogP contribution in [0.15, 0.2) is 54.6 Å². The van der Waals surface area contributed by atoms with Crippen molar-refractivity contribution in [3.63, 3.8) is 0 Å². The van der Waals surface area contributed by atoms with Crippen molar-refractivity contribution in [2.75, 3.05) is 5.32 Å². The second-order valence-corrected chi connectivity index (χ2v) is 7.82. The Morgan fingerprint density at radius 1 is 0.862 bits per heavy atom. The highest BCUT2D eigenvalue weighted by molar-refractivity contribution is 6.35. The summed E-state index contributed by atoms with van der Waals surface area (Å²) in [7, 11) is 0. The van der Waals surface area contributed by atoms with Gasteiger partial charge in [-0.15, -0.1) is 0 Å². The van der Waals surface area contributed by atoms with E-state index in [2.05, 4.69) is 5.32 Å².